The maximum absolute atomic E-state index is 13.4. The lowest BCUT2D eigenvalue weighted by Gasteiger charge is -2.59. The summed E-state index contributed by atoms with van der Waals surface area (Å²) in [7, 11) is 0. The van der Waals surface area contributed by atoms with Gasteiger partial charge in [0.05, 0.1) is 0 Å². The summed E-state index contributed by atoms with van der Waals surface area (Å²) in [6.07, 6.45) is -3.99. The first-order chi connectivity index (χ1) is 24.3. The van der Waals surface area contributed by atoms with Crippen molar-refractivity contribution in [1.29, 1.82) is 0 Å². The number of hydrogen-bond acceptors (Lipinski definition) is 11. The molecule has 52 heavy (non-hydrogen) atoms. The van der Waals surface area contributed by atoms with Gasteiger partial charge in [0, 0.05) is 31.6 Å². The molecule has 9 amide bonds. The Morgan fingerprint density at radius 1 is 0.731 bits per heavy atom. The maximum atomic E-state index is 13.4. The molecule has 1 spiro atoms. The maximum Gasteiger partial charge on any atom is 0.573 e. The lowest BCUT2D eigenvalue weighted by atomic mass is 9.69. The third-order valence-electron chi connectivity index (χ3n) is 8.34. The summed E-state index contributed by atoms with van der Waals surface area (Å²) >= 11 is 0. The zero-order valence-corrected chi connectivity index (χ0v) is 28.2. The predicted molar refractivity (Wildman–Crippen MR) is 170 cm³/mol. The number of rotatable bonds is 5. The molecule has 2 aromatic carbocycles. The molecule has 4 saturated heterocycles. The molecule has 4 fully saturated rings. The molecule has 4 aliphatic heterocycles. The van der Waals surface area contributed by atoms with E-state index in [0.717, 1.165) is 25.0 Å². The third-order valence-corrected chi connectivity index (χ3v) is 8.34. The molecule has 6 rings (SSSR count). The van der Waals surface area contributed by atoms with Gasteiger partial charge in [0.15, 0.2) is 0 Å². The number of nitrogens with one attached hydrogen (secondary N) is 4. The van der Waals surface area contributed by atoms with Crippen LogP contribution < -0.4 is 30.7 Å². The van der Waals surface area contributed by atoms with Gasteiger partial charge in [0.2, 0.25) is 17.4 Å². The number of urea groups is 2. The molecule has 4 aliphatic rings. The average Bonchev–Trinajstić information content (AvgIpc) is 3.00. The Labute approximate surface area is 294 Å². The summed E-state index contributed by atoms with van der Waals surface area (Å²) in [5.74, 6) is -2.59. The van der Waals surface area contributed by atoms with Crippen LogP contribution in [0, 0.1) is 5.41 Å². The van der Waals surface area contributed by atoms with Crippen LogP contribution in [0.3, 0.4) is 0 Å². The number of benzene rings is 2. The smallest absolute Gasteiger partial charge is 0.457 e. The zero-order valence-electron chi connectivity index (χ0n) is 28.2. The van der Waals surface area contributed by atoms with Crippen LogP contribution in [0.1, 0.15) is 45.6 Å². The number of amides is 9. The van der Waals surface area contributed by atoms with Crippen molar-refractivity contribution in [3.05, 3.63) is 54.1 Å². The highest BCUT2D eigenvalue weighted by molar-refractivity contribution is 6.22. The average molecular weight is 733 g/mol. The number of halogens is 3. The van der Waals surface area contributed by atoms with Gasteiger partial charge in [-0.1, -0.05) is 12.1 Å². The molecule has 19 heteroatoms. The first kappa shape index (κ1) is 37.5. The minimum absolute atomic E-state index is 0.229. The lowest BCUT2D eigenvalue weighted by molar-refractivity contribution is -0.274. The Morgan fingerprint density at radius 2 is 1.23 bits per heavy atom. The summed E-state index contributed by atoms with van der Waals surface area (Å²) in [4.78, 5) is 85.7. The predicted octanol–water partition coefficient (Wildman–Crippen LogP) is 3.01. The topological polar surface area (TPSA) is 202 Å². The second-order valence-corrected chi connectivity index (χ2v) is 13.6. The molecule has 0 saturated carbocycles. The summed E-state index contributed by atoms with van der Waals surface area (Å²) in [5.41, 5.74) is -2.59. The van der Waals surface area contributed by atoms with Crippen molar-refractivity contribution in [2.24, 2.45) is 5.41 Å². The van der Waals surface area contributed by atoms with E-state index in [1.165, 1.54) is 36.4 Å². The first-order valence-electron chi connectivity index (χ1n) is 15.9. The highest BCUT2D eigenvalue weighted by atomic mass is 19.4. The Morgan fingerprint density at radius 3 is 1.73 bits per heavy atom. The minimum atomic E-state index is -4.82. The van der Waals surface area contributed by atoms with Crippen LogP contribution in [0.25, 0.3) is 0 Å². The molecule has 0 aromatic heterocycles. The number of carbonyl (C=O) groups is 7. The number of likely N-dealkylation sites (tertiary alicyclic amines) is 2. The van der Waals surface area contributed by atoms with Gasteiger partial charge in [-0.25, -0.2) is 14.4 Å². The van der Waals surface area contributed by atoms with Gasteiger partial charge in [-0.2, -0.15) is 0 Å². The standard InChI is InChI=1S/C29H31F3N4O7.C4H4N2O3/c1-26(2,3)43-25(40)35-14-4-13-27(15-35)16-36(17-27)28(22(37)33-24(39)34-23(28)38)18-5-7-19(8-6-18)41-20-9-11-21(12-10-20)42-29(30,31)32;7-2-1-3(8)6-4(9)5-2/h5-12H,4,13-17H2,1-3H3,(H2,33,34,37,38,39);1H2,(H2,5,6,7,8,9). The summed E-state index contributed by atoms with van der Waals surface area (Å²) in [6.45, 7) is 6.94. The van der Waals surface area contributed by atoms with Crippen LogP contribution >= 0.6 is 0 Å². The zero-order chi connectivity index (χ0) is 38.1. The molecule has 4 heterocycles. The normalized spacial score (nSPS) is 19.9. The monoisotopic (exact) mass is 732 g/mol. The van der Waals surface area contributed by atoms with Crippen molar-refractivity contribution < 1.29 is 60.9 Å². The van der Waals surface area contributed by atoms with Crippen molar-refractivity contribution in [1.82, 2.24) is 31.1 Å². The first-order valence-corrected chi connectivity index (χ1v) is 15.9. The molecule has 16 nitrogen and oxygen atoms in total. The highest BCUT2D eigenvalue weighted by Gasteiger charge is 2.62. The molecule has 0 radical (unpaired) electrons. The van der Waals surface area contributed by atoms with E-state index in [1.807, 2.05) is 10.6 Å². The Balaban J connectivity index is 0.000000507. The summed E-state index contributed by atoms with van der Waals surface area (Å²) < 4.78 is 52.4. The van der Waals surface area contributed by atoms with Crippen LogP contribution in [-0.2, 0) is 29.5 Å². The number of piperidine rings is 1. The quantitative estimate of drug-likeness (QED) is 0.329. The summed E-state index contributed by atoms with van der Waals surface area (Å²) in [5, 5.41) is 8.22. The van der Waals surface area contributed by atoms with E-state index in [0.29, 0.717) is 26.2 Å². The second kappa shape index (κ2) is 14.1. The Hall–Kier alpha value is -5.72. The van der Waals surface area contributed by atoms with Gasteiger partial charge in [-0.3, -0.25) is 45.3 Å². The van der Waals surface area contributed by atoms with Crippen molar-refractivity contribution in [2.45, 2.75) is 57.5 Å². The molecule has 2 aromatic rings. The van der Waals surface area contributed by atoms with Gasteiger partial charge >= 0.3 is 24.5 Å². The second-order valence-electron chi connectivity index (χ2n) is 13.6. The van der Waals surface area contributed by atoms with Crippen molar-refractivity contribution in [2.75, 3.05) is 26.2 Å². The molecule has 0 aliphatic carbocycles. The van der Waals surface area contributed by atoms with E-state index in [4.69, 9.17) is 9.47 Å². The fraction of sp³-hybridized carbons (Fsp3) is 0.424. The van der Waals surface area contributed by atoms with Gasteiger partial charge in [-0.15, -0.1) is 13.2 Å². The molecule has 278 valence electrons. The highest BCUT2D eigenvalue weighted by Crippen LogP contribution is 2.47. The number of imide groups is 4. The van der Waals surface area contributed by atoms with E-state index < -0.39 is 65.0 Å². The number of nitrogens with zero attached hydrogens (tertiary/aromatic N) is 2. The molecular weight excluding hydrogens is 697 g/mol. The van der Waals surface area contributed by atoms with E-state index in [1.54, 1.807) is 30.6 Å². The SMILES string of the molecule is CC(C)(C)OC(=O)N1CCCC2(C1)CN(C1(c3ccc(Oc4ccc(OC(F)(F)F)cc4)cc3)C(=O)NC(=O)NC1=O)C2.O=C1CC(=O)NC(=O)N1. The van der Waals surface area contributed by atoms with Gasteiger partial charge in [0.25, 0.3) is 11.8 Å². The van der Waals surface area contributed by atoms with Crippen LogP contribution in [0.4, 0.5) is 27.6 Å². The van der Waals surface area contributed by atoms with Gasteiger partial charge in [-0.05, 0) is 75.6 Å². The van der Waals surface area contributed by atoms with Crippen LogP contribution in [0.5, 0.6) is 17.2 Å². The minimum Gasteiger partial charge on any atom is -0.457 e. The lowest BCUT2D eigenvalue weighted by Crippen LogP contribution is -2.77. The Bertz CT molecular complexity index is 1700. The molecule has 0 atom stereocenters. The molecular formula is C33H35F3N6O10. The van der Waals surface area contributed by atoms with E-state index in [-0.39, 0.29) is 28.9 Å². The fourth-order valence-corrected chi connectivity index (χ4v) is 6.33. The summed E-state index contributed by atoms with van der Waals surface area (Å²) in [6, 6.07) is 9.20. The molecule has 4 N–H and O–H groups in total. The molecule has 0 bridgehead atoms. The van der Waals surface area contributed by atoms with E-state index in [9.17, 15) is 46.7 Å². The van der Waals surface area contributed by atoms with Crippen LogP contribution in [-0.4, -0.2) is 89.7 Å². The van der Waals surface area contributed by atoms with E-state index >= 15 is 0 Å². The van der Waals surface area contributed by atoms with Gasteiger partial charge in [0.1, 0.15) is 29.3 Å². The largest absolute Gasteiger partial charge is 0.573 e. The number of carbonyl (C=O) groups excluding carboxylic acids is 7. The van der Waals surface area contributed by atoms with Crippen LogP contribution in [0.15, 0.2) is 48.5 Å². The van der Waals surface area contributed by atoms with Crippen molar-refractivity contribution >= 4 is 41.8 Å². The number of hydrogen-bond donors (Lipinski definition) is 4. The number of alkyl halides is 3. The van der Waals surface area contributed by atoms with Crippen molar-refractivity contribution in [3.8, 4) is 17.2 Å². The van der Waals surface area contributed by atoms with Gasteiger partial charge < -0.3 is 19.1 Å². The third kappa shape index (κ3) is 8.59. The number of barbiturate groups is 2. The van der Waals surface area contributed by atoms with Crippen LogP contribution in [0.2, 0.25) is 0 Å². The number of ether oxygens (including phenoxy) is 3. The van der Waals surface area contributed by atoms with E-state index in [2.05, 4.69) is 15.4 Å². The fourth-order valence-electron chi connectivity index (χ4n) is 6.33. The Kier molecular flexibility index (Phi) is 10.2. The molecule has 0 unspecified atom stereocenters. The van der Waals surface area contributed by atoms with Crippen molar-refractivity contribution in [3.63, 3.8) is 0 Å².